The maximum absolute atomic E-state index is 3.32. The molecule has 0 aliphatic carbocycles. The van der Waals surface area contributed by atoms with Gasteiger partial charge in [0.2, 0.25) is 0 Å². The monoisotopic (exact) mass is 365 g/mol. The SMILES string of the molecule is Cc1ccc(SCCN2CCN(c3cccc4[nH]ccc34)CC2)c(C)c1. The van der Waals surface area contributed by atoms with Crippen molar-refractivity contribution in [2.24, 2.45) is 0 Å². The van der Waals surface area contributed by atoms with Crippen LogP contribution in [0.2, 0.25) is 0 Å². The van der Waals surface area contributed by atoms with Crippen molar-refractivity contribution in [3.05, 3.63) is 59.8 Å². The van der Waals surface area contributed by atoms with E-state index < -0.39 is 0 Å². The Bertz CT molecular complexity index is 878. The van der Waals surface area contributed by atoms with Gasteiger partial charge in [-0.05, 0) is 43.7 Å². The van der Waals surface area contributed by atoms with E-state index in [1.807, 2.05) is 18.0 Å². The summed E-state index contributed by atoms with van der Waals surface area (Å²) in [5.74, 6) is 1.16. The second-order valence-electron chi connectivity index (χ2n) is 7.16. The van der Waals surface area contributed by atoms with Crippen molar-refractivity contribution < 1.29 is 0 Å². The van der Waals surface area contributed by atoms with Gasteiger partial charge in [0.15, 0.2) is 0 Å². The highest BCUT2D eigenvalue weighted by atomic mass is 32.2. The van der Waals surface area contributed by atoms with E-state index in [0.717, 1.165) is 31.9 Å². The number of H-pyrrole nitrogens is 1. The molecule has 2 heterocycles. The summed E-state index contributed by atoms with van der Waals surface area (Å²) in [6.45, 7) is 10.1. The van der Waals surface area contributed by atoms with Gasteiger partial charge in [-0.3, -0.25) is 4.90 Å². The highest BCUT2D eigenvalue weighted by Gasteiger charge is 2.18. The minimum Gasteiger partial charge on any atom is -0.368 e. The normalized spacial score (nSPS) is 15.7. The van der Waals surface area contributed by atoms with E-state index in [2.05, 4.69) is 71.1 Å². The number of anilines is 1. The van der Waals surface area contributed by atoms with Crippen LogP contribution in [-0.4, -0.2) is 48.4 Å². The van der Waals surface area contributed by atoms with Gasteiger partial charge in [-0.25, -0.2) is 0 Å². The van der Waals surface area contributed by atoms with E-state index in [9.17, 15) is 0 Å². The molecule has 1 aliphatic heterocycles. The molecule has 0 bridgehead atoms. The van der Waals surface area contributed by atoms with Crippen LogP contribution in [0.4, 0.5) is 5.69 Å². The number of thioether (sulfide) groups is 1. The first-order valence-electron chi connectivity index (χ1n) is 9.44. The Kier molecular flexibility index (Phi) is 5.23. The quantitative estimate of drug-likeness (QED) is 0.663. The molecule has 1 fully saturated rings. The summed E-state index contributed by atoms with van der Waals surface area (Å²) in [4.78, 5) is 9.88. The maximum Gasteiger partial charge on any atom is 0.0474 e. The van der Waals surface area contributed by atoms with Gasteiger partial charge in [0.25, 0.3) is 0 Å². The molecule has 2 aromatic carbocycles. The molecule has 0 unspecified atom stereocenters. The molecular weight excluding hydrogens is 338 g/mol. The van der Waals surface area contributed by atoms with Crippen molar-refractivity contribution in [2.75, 3.05) is 43.4 Å². The Labute approximate surface area is 160 Å². The number of nitrogens with one attached hydrogen (secondary N) is 1. The van der Waals surface area contributed by atoms with E-state index in [0.29, 0.717) is 0 Å². The second kappa shape index (κ2) is 7.77. The summed E-state index contributed by atoms with van der Waals surface area (Å²) in [7, 11) is 0. The average molecular weight is 366 g/mol. The third-order valence-corrected chi connectivity index (χ3v) is 6.44. The van der Waals surface area contributed by atoms with Gasteiger partial charge in [-0.2, -0.15) is 0 Å². The molecule has 136 valence electrons. The third-order valence-electron chi connectivity index (χ3n) is 5.28. The molecule has 0 spiro atoms. The number of fused-ring (bicyclic) bond motifs is 1. The van der Waals surface area contributed by atoms with Gasteiger partial charge in [-0.1, -0.05) is 23.8 Å². The molecule has 1 N–H and O–H groups in total. The molecule has 26 heavy (non-hydrogen) atoms. The van der Waals surface area contributed by atoms with Crippen LogP contribution in [0.3, 0.4) is 0 Å². The molecule has 1 aliphatic rings. The summed E-state index contributed by atoms with van der Waals surface area (Å²) in [6, 6.07) is 15.5. The third kappa shape index (κ3) is 3.76. The lowest BCUT2D eigenvalue weighted by Crippen LogP contribution is -2.47. The van der Waals surface area contributed by atoms with Gasteiger partial charge >= 0.3 is 0 Å². The van der Waals surface area contributed by atoms with Gasteiger partial charge in [0.1, 0.15) is 0 Å². The molecule has 1 aromatic heterocycles. The molecule has 0 saturated carbocycles. The van der Waals surface area contributed by atoms with Crippen LogP contribution in [0.15, 0.2) is 53.6 Å². The Morgan fingerprint density at radius 1 is 1.00 bits per heavy atom. The number of nitrogens with zero attached hydrogens (tertiary/aromatic N) is 2. The number of aromatic nitrogens is 1. The standard InChI is InChI=1S/C22H27N3S/c1-17-6-7-22(18(2)16-17)26-15-14-24-10-12-25(13-11-24)21-5-3-4-20-19(21)8-9-23-20/h3-9,16,23H,10-15H2,1-2H3. The molecule has 1 saturated heterocycles. The predicted octanol–water partition coefficient (Wildman–Crippen LogP) is 4.70. The van der Waals surface area contributed by atoms with Crippen LogP contribution < -0.4 is 4.90 Å². The summed E-state index contributed by atoms with van der Waals surface area (Å²) in [6.07, 6.45) is 2.04. The van der Waals surface area contributed by atoms with Crippen molar-refractivity contribution >= 4 is 28.4 Å². The van der Waals surface area contributed by atoms with Gasteiger partial charge in [0, 0.05) is 66.2 Å². The Morgan fingerprint density at radius 3 is 2.65 bits per heavy atom. The largest absolute Gasteiger partial charge is 0.368 e. The molecule has 0 atom stereocenters. The minimum atomic E-state index is 1.11. The first kappa shape index (κ1) is 17.5. The average Bonchev–Trinajstić information content (AvgIpc) is 3.13. The van der Waals surface area contributed by atoms with E-state index in [1.165, 1.54) is 39.2 Å². The van der Waals surface area contributed by atoms with Crippen LogP contribution in [0.5, 0.6) is 0 Å². The van der Waals surface area contributed by atoms with Crippen LogP contribution in [-0.2, 0) is 0 Å². The number of aryl methyl sites for hydroxylation is 2. The van der Waals surface area contributed by atoms with Gasteiger partial charge in [-0.15, -0.1) is 11.8 Å². The van der Waals surface area contributed by atoms with Crippen molar-refractivity contribution in [1.29, 1.82) is 0 Å². The van der Waals surface area contributed by atoms with Crippen molar-refractivity contribution in [2.45, 2.75) is 18.7 Å². The zero-order chi connectivity index (χ0) is 17.9. The lowest BCUT2D eigenvalue weighted by molar-refractivity contribution is 0.273. The van der Waals surface area contributed by atoms with E-state index >= 15 is 0 Å². The van der Waals surface area contributed by atoms with Crippen LogP contribution >= 0.6 is 11.8 Å². The number of aromatic amines is 1. The van der Waals surface area contributed by atoms with Crippen molar-refractivity contribution in [3.8, 4) is 0 Å². The van der Waals surface area contributed by atoms with E-state index in [-0.39, 0.29) is 0 Å². The zero-order valence-corrected chi connectivity index (χ0v) is 16.5. The summed E-state index contributed by atoms with van der Waals surface area (Å²) < 4.78 is 0. The van der Waals surface area contributed by atoms with Gasteiger partial charge in [0.05, 0.1) is 0 Å². The highest BCUT2D eigenvalue weighted by molar-refractivity contribution is 7.99. The Balaban J connectivity index is 1.29. The van der Waals surface area contributed by atoms with Crippen molar-refractivity contribution in [1.82, 2.24) is 9.88 Å². The topological polar surface area (TPSA) is 22.3 Å². The van der Waals surface area contributed by atoms with Crippen molar-refractivity contribution in [3.63, 3.8) is 0 Å². The predicted molar refractivity (Wildman–Crippen MR) is 114 cm³/mol. The van der Waals surface area contributed by atoms with E-state index in [4.69, 9.17) is 0 Å². The molecule has 4 heteroatoms. The number of hydrogen-bond acceptors (Lipinski definition) is 3. The lowest BCUT2D eigenvalue weighted by atomic mass is 10.2. The highest BCUT2D eigenvalue weighted by Crippen LogP contribution is 2.27. The fourth-order valence-corrected chi connectivity index (χ4v) is 4.82. The minimum absolute atomic E-state index is 1.11. The summed E-state index contributed by atoms with van der Waals surface area (Å²) in [5.41, 5.74) is 5.35. The number of piperazine rings is 1. The molecular formula is C22H27N3S. The first-order valence-corrected chi connectivity index (χ1v) is 10.4. The molecule has 3 aromatic rings. The molecule has 4 rings (SSSR count). The Morgan fingerprint density at radius 2 is 1.85 bits per heavy atom. The van der Waals surface area contributed by atoms with Gasteiger partial charge < -0.3 is 9.88 Å². The zero-order valence-electron chi connectivity index (χ0n) is 15.7. The molecule has 0 radical (unpaired) electrons. The molecule has 3 nitrogen and oxygen atoms in total. The lowest BCUT2D eigenvalue weighted by Gasteiger charge is -2.36. The number of hydrogen-bond donors (Lipinski definition) is 1. The van der Waals surface area contributed by atoms with Crippen LogP contribution in [0.1, 0.15) is 11.1 Å². The first-order chi connectivity index (χ1) is 12.7. The summed E-state index contributed by atoms with van der Waals surface area (Å²) >= 11 is 1.99. The van der Waals surface area contributed by atoms with E-state index in [1.54, 1.807) is 0 Å². The Hall–Kier alpha value is -1.91. The summed E-state index contributed by atoms with van der Waals surface area (Å²) in [5, 5.41) is 1.34. The van der Waals surface area contributed by atoms with Crippen LogP contribution in [0, 0.1) is 13.8 Å². The number of rotatable bonds is 5. The molecule has 0 amide bonds. The fraction of sp³-hybridized carbons (Fsp3) is 0.364. The van der Waals surface area contributed by atoms with Crippen LogP contribution in [0.25, 0.3) is 10.9 Å². The maximum atomic E-state index is 3.32. The second-order valence-corrected chi connectivity index (χ2v) is 8.30. The number of benzene rings is 2. The fourth-order valence-electron chi connectivity index (χ4n) is 3.80. The smallest absolute Gasteiger partial charge is 0.0474 e.